The van der Waals surface area contributed by atoms with Crippen LogP contribution in [0.5, 0.6) is 5.75 Å². The van der Waals surface area contributed by atoms with Gasteiger partial charge in [-0.15, -0.1) is 0 Å². The molecule has 0 radical (unpaired) electrons. The molecule has 0 aromatic heterocycles. The summed E-state index contributed by atoms with van der Waals surface area (Å²) in [6.07, 6.45) is 5.44. The zero-order chi connectivity index (χ0) is 22.5. The van der Waals surface area contributed by atoms with E-state index in [1.807, 2.05) is 0 Å². The van der Waals surface area contributed by atoms with Crippen molar-refractivity contribution in [3.05, 3.63) is 54.1 Å². The van der Waals surface area contributed by atoms with Crippen LogP contribution in [0.1, 0.15) is 63.9 Å². The number of hydrogen-bond donors (Lipinski definition) is 2. The van der Waals surface area contributed by atoms with Crippen molar-refractivity contribution in [2.75, 3.05) is 17.2 Å². The predicted octanol–water partition coefficient (Wildman–Crippen LogP) is 7.87. The Hall–Kier alpha value is -2.70. The number of benzene rings is 2. The second kappa shape index (κ2) is 12.9. The molecular weight excluding hydrogens is 405 g/mol. The number of unbranched alkanes of at least 4 members (excludes halogenated alkanes) is 7. The van der Waals surface area contributed by atoms with Crippen LogP contribution in [0.15, 0.2) is 48.5 Å². The second-order valence-corrected chi connectivity index (χ2v) is 7.51. The van der Waals surface area contributed by atoms with Crippen molar-refractivity contribution in [3.63, 3.8) is 0 Å². The Morgan fingerprint density at radius 1 is 0.839 bits per heavy atom. The smallest absolute Gasteiger partial charge is 0.416 e. The number of anilines is 2. The van der Waals surface area contributed by atoms with Crippen molar-refractivity contribution in [1.82, 2.24) is 0 Å². The van der Waals surface area contributed by atoms with Crippen LogP contribution in [0, 0.1) is 0 Å². The van der Waals surface area contributed by atoms with E-state index in [4.69, 9.17) is 4.74 Å². The summed E-state index contributed by atoms with van der Waals surface area (Å²) in [5.41, 5.74) is -0.232. The molecule has 0 saturated carbocycles. The molecular formula is C24H31F3N2O2. The number of ether oxygens (including phenoxy) is 1. The first-order chi connectivity index (χ1) is 14.9. The van der Waals surface area contributed by atoms with Gasteiger partial charge in [0.1, 0.15) is 5.75 Å². The molecule has 170 valence electrons. The van der Waals surface area contributed by atoms with Crippen LogP contribution in [0.25, 0.3) is 0 Å². The number of nitrogens with one attached hydrogen (secondary N) is 2. The Bertz CT molecular complexity index is 792. The predicted molar refractivity (Wildman–Crippen MR) is 119 cm³/mol. The van der Waals surface area contributed by atoms with Crippen LogP contribution in [0.3, 0.4) is 0 Å². The summed E-state index contributed by atoms with van der Waals surface area (Å²) in [6, 6.07) is 10.8. The molecule has 0 heterocycles. The molecule has 0 fully saturated rings. The number of rotatable bonds is 12. The average Bonchev–Trinajstić information content (AvgIpc) is 2.73. The molecule has 0 aliphatic heterocycles. The SMILES string of the molecule is CCCCCCCCCCOc1ccc(NC(=O)Nc2cccc(C(F)(F)F)c2)cc1. The van der Waals surface area contributed by atoms with Crippen LogP contribution < -0.4 is 15.4 Å². The van der Waals surface area contributed by atoms with Crippen LogP contribution in [0.4, 0.5) is 29.3 Å². The molecule has 2 rings (SSSR count). The minimum absolute atomic E-state index is 0.0673. The Morgan fingerprint density at radius 3 is 2.10 bits per heavy atom. The molecule has 2 aromatic carbocycles. The quantitative estimate of drug-likeness (QED) is 0.333. The van der Waals surface area contributed by atoms with Crippen molar-refractivity contribution in [2.45, 2.75) is 64.5 Å². The zero-order valence-electron chi connectivity index (χ0n) is 17.9. The molecule has 31 heavy (non-hydrogen) atoms. The molecule has 0 unspecified atom stereocenters. The van der Waals surface area contributed by atoms with E-state index in [-0.39, 0.29) is 5.69 Å². The molecule has 2 N–H and O–H groups in total. The fraction of sp³-hybridized carbons (Fsp3) is 0.458. The van der Waals surface area contributed by atoms with Gasteiger partial charge in [-0.05, 0) is 48.9 Å². The first kappa shape index (κ1) is 24.6. The molecule has 0 atom stereocenters. The highest BCUT2D eigenvalue weighted by Crippen LogP contribution is 2.30. The number of carbonyl (C=O) groups is 1. The maximum atomic E-state index is 12.8. The van der Waals surface area contributed by atoms with Gasteiger partial charge in [0.15, 0.2) is 0 Å². The van der Waals surface area contributed by atoms with Gasteiger partial charge in [0.2, 0.25) is 0 Å². The number of amides is 2. The van der Waals surface area contributed by atoms with Crippen molar-refractivity contribution in [2.24, 2.45) is 0 Å². The monoisotopic (exact) mass is 436 g/mol. The van der Waals surface area contributed by atoms with Gasteiger partial charge in [-0.1, -0.05) is 57.9 Å². The standard InChI is InChI=1S/C24H31F3N2O2/c1-2-3-4-5-6-7-8-9-17-31-22-15-13-20(14-16-22)28-23(30)29-21-12-10-11-19(18-21)24(25,26)27/h10-16,18H,2-9,17H2,1H3,(H2,28,29,30). The lowest BCUT2D eigenvalue weighted by molar-refractivity contribution is -0.137. The van der Waals surface area contributed by atoms with E-state index in [1.54, 1.807) is 24.3 Å². The van der Waals surface area contributed by atoms with E-state index < -0.39 is 17.8 Å². The number of urea groups is 1. The lowest BCUT2D eigenvalue weighted by Crippen LogP contribution is -2.19. The Labute approximate surface area is 182 Å². The van der Waals surface area contributed by atoms with Crippen LogP contribution in [0.2, 0.25) is 0 Å². The van der Waals surface area contributed by atoms with Crippen LogP contribution in [-0.2, 0) is 6.18 Å². The molecule has 0 bridgehead atoms. The molecule has 4 nitrogen and oxygen atoms in total. The van der Waals surface area contributed by atoms with E-state index >= 15 is 0 Å². The largest absolute Gasteiger partial charge is 0.494 e. The third kappa shape index (κ3) is 9.77. The van der Waals surface area contributed by atoms with Gasteiger partial charge in [0.05, 0.1) is 12.2 Å². The Balaban J connectivity index is 1.68. The lowest BCUT2D eigenvalue weighted by atomic mass is 10.1. The summed E-state index contributed by atoms with van der Waals surface area (Å²) in [4.78, 5) is 12.0. The van der Waals surface area contributed by atoms with Crippen molar-refractivity contribution >= 4 is 17.4 Å². The van der Waals surface area contributed by atoms with E-state index in [0.717, 1.165) is 25.0 Å². The summed E-state index contributed by atoms with van der Waals surface area (Å²) in [7, 11) is 0. The number of hydrogen-bond acceptors (Lipinski definition) is 2. The van der Waals surface area contributed by atoms with Gasteiger partial charge < -0.3 is 15.4 Å². The van der Waals surface area contributed by atoms with Gasteiger partial charge in [0, 0.05) is 11.4 Å². The lowest BCUT2D eigenvalue weighted by Gasteiger charge is -2.11. The molecule has 0 saturated heterocycles. The maximum Gasteiger partial charge on any atom is 0.416 e. The van der Waals surface area contributed by atoms with Crippen LogP contribution in [-0.4, -0.2) is 12.6 Å². The highest BCUT2D eigenvalue weighted by Gasteiger charge is 2.30. The highest BCUT2D eigenvalue weighted by molar-refractivity contribution is 5.99. The summed E-state index contributed by atoms with van der Waals surface area (Å²) >= 11 is 0. The average molecular weight is 437 g/mol. The normalized spacial score (nSPS) is 11.2. The maximum absolute atomic E-state index is 12.8. The summed E-state index contributed by atoms with van der Waals surface area (Å²) in [5, 5.41) is 5.00. The van der Waals surface area contributed by atoms with Crippen molar-refractivity contribution in [1.29, 1.82) is 0 Å². The highest BCUT2D eigenvalue weighted by atomic mass is 19.4. The molecule has 2 aromatic rings. The van der Waals surface area contributed by atoms with Gasteiger partial charge in [-0.25, -0.2) is 4.79 Å². The van der Waals surface area contributed by atoms with Crippen molar-refractivity contribution < 1.29 is 22.7 Å². The molecule has 7 heteroatoms. The summed E-state index contributed by atoms with van der Waals surface area (Å²) < 4.78 is 44.0. The van der Waals surface area contributed by atoms with Gasteiger partial charge in [-0.3, -0.25) is 0 Å². The zero-order valence-corrected chi connectivity index (χ0v) is 17.9. The van der Waals surface area contributed by atoms with Gasteiger partial charge in [0.25, 0.3) is 0 Å². The number of halogens is 3. The Morgan fingerprint density at radius 2 is 1.45 bits per heavy atom. The summed E-state index contributed by atoms with van der Waals surface area (Å²) in [6.45, 7) is 2.87. The van der Waals surface area contributed by atoms with E-state index in [1.165, 1.54) is 50.7 Å². The topological polar surface area (TPSA) is 50.4 Å². The molecule has 0 aliphatic carbocycles. The fourth-order valence-corrected chi connectivity index (χ4v) is 3.13. The molecule has 2 amide bonds. The first-order valence-electron chi connectivity index (χ1n) is 10.9. The third-order valence-corrected chi connectivity index (χ3v) is 4.83. The van der Waals surface area contributed by atoms with Crippen LogP contribution >= 0.6 is 0 Å². The minimum Gasteiger partial charge on any atom is -0.494 e. The minimum atomic E-state index is -4.46. The number of carbonyl (C=O) groups excluding carboxylic acids is 1. The van der Waals surface area contributed by atoms with Crippen molar-refractivity contribution in [3.8, 4) is 5.75 Å². The third-order valence-electron chi connectivity index (χ3n) is 4.83. The van der Waals surface area contributed by atoms with Gasteiger partial charge in [-0.2, -0.15) is 13.2 Å². The van der Waals surface area contributed by atoms with E-state index in [0.29, 0.717) is 18.0 Å². The molecule has 0 spiro atoms. The summed E-state index contributed by atoms with van der Waals surface area (Å²) in [5.74, 6) is 0.715. The van der Waals surface area contributed by atoms with Gasteiger partial charge >= 0.3 is 12.2 Å². The number of alkyl halides is 3. The fourth-order valence-electron chi connectivity index (χ4n) is 3.13. The second-order valence-electron chi connectivity index (χ2n) is 7.51. The first-order valence-corrected chi connectivity index (χ1v) is 10.9. The Kier molecular flexibility index (Phi) is 10.2. The van der Waals surface area contributed by atoms with E-state index in [9.17, 15) is 18.0 Å². The van der Waals surface area contributed by atoms with E-state index in [2.05, 4.69) is 17.6 Å². The molecule has 0 aliphatic rings.